The molecule has 5 heteroatoms. The van der Waals surface area contributed by atoms with Crippen LogP contribution in [0.5, 0.6) is 0 Å². The van der Waals surface area contributed by atoms with Gasteiger partial charge in [-0.1, -0.05) is 41.4 Å². The van der Waals surface area contributed by atoms with E-state index in [1.165, 1.54) is 4.90 Å². The van der Waals surface area contributed by atoms with Gasteiger partial charge in [0.1, 0.15) is 5.15 Å². The minimum absolute atomic E-state index is 0.367. The Morgan fingerprint density at radius 1 is 1.19 bits per heavy atom. The molecule has 0 radical (unpaired) electrons. The van der Waals surface area contributed by atoms with Gasteiger partial charge in [0.05, 0.1) is 6.33 Å². The Morgan fingerprint density at radius 3 is 2.56 bits per heavy atom. The van der Waals surface area contributed by atoms with E-state index in [4.69, 9.17) is 23.2 Å². The smallest absolute Gasteiger partial charge is 0.166 e. The van der Waals surface area contributed by atoms with Crippen LogP contribution in [0.25, 0.3) is 0 Å². The van der Waals surface area contributed by atoms with E-state index in [1.54, 1.807) is 18.1 Å². The highest BCUT2D eigenvalue weighted by atomic mass is 35.5. The van der Waals surface area contributed by atoms with Gasteiger partial charge in [0.25, 0.3) is 0 Å². The lowest BCUT2D eigenvalue weighted by molar-refractivity contribution is 0.771. The molecule has 0 bridgehead atoms. The summed E-state index contributed by atoms with van der Waals surface area (Å²) in [6, 6.07) is 10.3. The molecule has 0 aliphatic rings. The molecule has 0 aliphatic carbocycles. The number of halogens is 2. The van der Waals surface area contributed by atoms with Crippen LogP contribution < -0.4 is 0 Å². The van der Waals surface area contributed by atoms with E-state index < -0.39 is 0 Å². The number of aromatic nitrogens is 2. The lowest BCUT2D eigenvalue weighted by Crippen LogP contribution is -1.98. The molecular weight excluding hydrogens is 263 g/mol. The van der Waals surface area contributed by atoms with Crippen LogP contribution in [0.1, 0.15) is 0 Å². The van der Waals surface area contributed by atoms with E-state index in [0.717, 1.165) is 12.3 Å². The summed E-state index contributed by atoms with van der Waals surface area (Å²) in [6.07, 6.45) is 1.66. The van der Waals surface area contributed by atoms with Crippen molar-refractivity contribution in [1.29, 1.82) is 0 Å². The molecule has 0 fully saturated rings. The summed E-state index contributed by atoms with van der Waals surface area (Å²) in [5.74, 6) is 0.941. The second-order valence-corrected chi connectivity index (χ2v) is 5.07. The van der Waals surface area contributed by atoms with Crippen LogP contribution in [0.4, 0.5) is 0 Å². The van der Waals surface area contributed by atoms with Crippen molar-refractivity contribution in [2.75, 3.05) is 5.75 Å². The molecule has 2 aromatic rings. The molecule has 2 rings (SSSR count). The summed E-state index contributed by atoms with van der Waals surface area (Å²) in [7, 11) is 0. The maximum atomic E-state index is 5.95. The first-order chi connectivity index (χ1) is 7.77. The molecule has 0 atom stereocenters. The molecule has 0 unspecified atom stereocenters. The molecule has 1 heterocycles. The van der Waals surface area contributed by atoms with Crippen LogP contribution in [0.2, 0.25) is 10.3 Å². The van der Waals surface area contributed by atoms with Gasteiger partial charge < -0.3 is 4.57 Å². The quantitative estimate of drug-likeness (QED) is 0.784. The number of nitrogens with zero attached hydrogens (tertiary/aromatic N) is 2. The minimum Gasteiger partial charge on any atom is -0.320 e. The fourth-order valence-corrected chi connectivity index (χ4v) is 2.48. The van der Waals surface area contributed by atoms with Crippen LogP contribution in [-0.4, -0.2) is 15.3 Å². The van der Waals surface area contributed by atoms with Gasteiger partial charge in [0, 0.05) is 17.2 Å². The summed E-state index contributed by atoms with van der Waals surface area (Å²) >= 11 is 13.5. The topological polar surface area (TPSA) is 17.8 Å². The Hall–Kier alpha value is -0.640. The normalized spacial score (nSPS) is 10.6. The average molecular weight is 273 g/mol. The number of rotatable bonds is 4. The van der Waals surface area contributed by atoms with Crippen LogP contribution in [0, 0.1) is 0 Å². The zero-order valence-corrected chi connectivity index (χ0v) is 10.8. The number of hydrogen-bond acceptors (Lipinski definition) is 2. The second kappa shape index (κ2) is 5.62. The van der Waals surface area contributed by atoms with Crippen molar-refractivity contribution in [2.24, 2.45) is 0 Å². The number of thioether (sulfide) groups is 1. The third kappa shape index (κ3) is 2.94. The molecule has 1 aromatic heterocycles. The standard InChI is InChI=1S/C11H10Cl2N2S/c12-10-11(13)15(8-14-10)6-7-16-9-4-2-1-3-5-9/h1-5,8H,6-7H2. The molecular formula is C11H10Cl2N2S. The van der Waals surface area contributed by atoms with Crippen molar-refractivity contribution >= 4 is 35.0 Å². The van der Waals surface area contributed by atoms with E-state index >= 15 is 0 Å². The maximum absolute atomic E-state index is 5.95. The Labute approximate surface area is 109 Å². The van der Waals surface area contributed by atoms with Crippen molar-refractivity contribution < 1.29 is 0 Å². The molecule has 16 heavy (non-hydrogen) atoms. The number of benzene rings is 1. The molecule has 2 nitrogen and oxygen atoms in total. The summed E-state index contributed by atoms with van der Waals surface area (Å²) in [5, 5.41) is 0.877. The lowest BCUT2D eigenvalue weighted by Gasteiger charge is -2.03. The molecule has 84 valence electrons. The SMILES string of the molecule is Clc1ncn(CCSc2ccccc2)c1Cl. The minimum atomic E-state index is 0.367. The molecule has 0 aliphatic heterocycles. The molecule has 0 saturated carbocycles. The highest BCUT2D eigenvalue weighted by molar-refractivity contribution is 7.99. The van der Waals surface area contributed by atoms with E-state index in [1.807, 2.05) is 22.8 Å². The summed E-state index contributed by atoms with van der Waals surface area (Å²) in [6.45, 7) is 0.804. The fraction of sp³-hybridized carbons (Fsp3) is 0.182. The molecule has 0 N–H and O–H groups in total. The largest absolute Gasteiger partial charge is 0.320 e. The fourth-order valence-electron chi connectivity index (χ4n) is 1.28. The highest BCUT2D eigenvalue weighted by Gasteiger charge is 2.05. The van der Waals surface area contributed by atoms with Crippen LogP contribution in [0.15, 0.2) is 41.6 Å². The zero-order valence-electron chi connectivity index (χ0n) is 8.44. The number of aryl methyl sites for hydroxylation is 1. The molecule has 0 amide bonds. The third-order valence-electron chi connectivity index (χ3n) is 2.08. The predicted octanol–water partition coefficient (Wildman–Crippen LogP) is 3.98. The van der Waals surface area contributed by atoms with E-state index in [2.05, 4.69) is 17.1 Å². The average Bonchev–Trinajstić information content (AvgIpc) is 2.62. The van der Waals surface area contributed by atoms with Gasteiger partial charge in [-0.05, 0) is 12.1 Å². The van der Waals surface area contributed by atoms with E-state index in [0.29, 0.717) is 10.3 Å². The third-order valence-corrected chi connectivity index (χ3v) is 3.84. The van der Waals surface area contributed by atoms with Crippen molar-refractivity contribution in [2.45, 2.75) is 11.4 Å². The van der Waals surface area contributed by atoms with Crippen LogP contribution in [-0.2, 0) is 6.54 Å². The Kier molecular flexibility index (Phi) is 4.16. The summed E-state index contributed by atoms with van der Waals surface area (Å²) < 4.78 is 1.85. The zero-order chi connectivity index (χ0) is 11.4. The Balaban J connectivity index is 1.87. The monoisotopic (exact) mass is 272 g/mol. The van der Waals surface area contributed by atoms with E-state index in [-0.39, 0.29) is 0 Å². The van der Waals surface area contributed by atoms with Gasteiger partial charge in [0.15, 0.2) is 5.15 Å². The number of hydrogen-bond donors (Lipinski definition) is 0. The first kappa shape index (κ1) is 11.8. The van der Waals surface area contributed by atoms with Crippen LogP contribution >= 0.6 is 35.0 Å². The molecule has 0 spiro atoms. The summed E-state index contributed by atoms with van der Waals surface area (Å²) in [4.78, 5) is 5.18. The maximum Gasteiger partial charge on any atom is 0.166 e. The van der Waals surface area contributed by atoms with Gasteiger partial charge in [0.2, 0.25) is 0 Å². The Morgan fingerprint density at radius 2 is 1.94 bits per heavy atom. The van der Waals surface area contributed by atoms with Gasteiger partial charge >= 0.3 is 0 Å². The van der Waals surface area contributed by atoms with Crippen molar-refractivity contribution in [3.63, 3.8) is 0 Å². The van der Waals surface area contributed by atoms with Crippen molar-refractivity contribution in [3.05, 3.63) is 47.0 Å². The first-order valence-corrected chi connectivity index (χ1v) is 6.55. The predicted molar refractivity (Wildman–Crippen MR) is 69.4 cm³/mol. The van der Waals surface area contributed by atoms with Crippen molar-refractivity contribution in [1.82, 2.24) is 9.55 Å². The van der Waals surface area contributed by atoms with Gasteiger partial charge in [-0.15, -0.1) is 11.8 Å². The van der Waals surface area contributed by atoms with Gasteiger partial charge in [-0.2, -0.15) is 0 Å². The van der Waals surface area contributed by atoms with E-state index in [9.17, 15) is 0 Å². The lowest BCUT2D eigenvalue weighted by atomic mass is 10.4. The number of imidazole rings is 1. The molecule has 1 aromatic carbocycles. The van der Waals surface area contributed by atoms with Gasteiger partial charge in [-0.3, -0.25) is 0 Å². The Bertz CT molecular complexity index is 456. The highest BCUT2D eigenvalue weighted by Crippen LogP contribution is 2.21. The summed E-state index contributed by atoms with van der Waals surface area (Å²) in [5.41, 5.74) is 0. The second-order valence-electron chi connectivity index (χ2n) is 3.18. The van der Waals surface area contributed by atoms with Crippen molar-refractivity contribution in [3.8, 4) is 0 Å². The molecule has 0 saturated heterocycles. The van der Waals surface area contributed by atoms with Crippen LogP contribution in [0.3, 0.4) is 0 Å². The van der Waals surface area contributed by atoms with Gasteiger partial charge in [-0.25, -0.2) is 4.98 Å². The first-order valence-electron chi connectivity index (χ1n) is 4.81.